The van der Waals surface area contributed by atoms with E-state index in [9.17, 15) is 9.18 Å². The molecule has 0 saturated heterocycles. The van der Waals surface area contributed by atoms with Gasteiger partial charge in [-0.05, 0) is 35.6 Å². The highest BCUT2D eigenvalue weighted by Gasteiger charge is 2.20. The van der Waals surface area contributed by atoms with Gasteiger partial charge in [0.05, 0.1) is 5.69 Å². The number of carbonyl (C=O) groups is 1. The second-order valence-corrected chi connectivity index (χ2v) is 8.52. The number of halogens is 1. The SMILES string of the molecule is CSC(=NC(=O)c1ccccc1)N(C)c1cc(C(C)c2ccc(-c3ccccc3)c(F)c2)no1. The Morgan fingerprint density at radius 2 is 1.71 bits per heavy atom. The average Bonchev–Trinajstić information content (AvgIpc) is 3.37. The Kier molecular flexibility index (Phi) is 7.23. The summed E-state index contributed by atoms with van der Waals surface area (Å²) in [6.45, 7) is 1.95. The summed E-state index contributed by atoms with van der Waals surface area (Å²) in [4.78, 5) is 18.4. The first-order chi connectivity index (χ1) is 16.5. The molecule has 0 bridgehead atoms. The number of amidine groups is 1. The number of thioether (sulfide) groups is 1. The van der Waals surface area contributed by atoms with Gasteiger partial charge in [-0.3, -0.25) is 9.69 Å². The largest absolute Gasteiger partial charge is 0.338 e. The van der Waals surface area contributed by atoms with Gasteiger partial charge >= 0.3 is 0 Å². The molecule has 1 unspecified atom stereocenters. The van der Waals surface area contributed by atoms with E-state index in [4.69, 9.17) is 4.52 Å². The molecule has 172 valence electrons. The molecule has 0 aliphatic heterocycles. The second-order valence-electron chi connectivity index (χ2n) is 7.75. The Morgan fingerprint density at radius 3 is 2.35 bits per heavy atom. The van der Waals surface area contributed by atoms with Gasteiger partial charge in [0.25, 0.3) is 5.91 Å². The van der Waals surface area contributed by atoms with Gasteiger partial charge in [0.1, 0.15) is 5.82 Å². The number of aromatic nitrogens is 1. The van der Waals surface area contributed by atoms with Gasteiger partial charge in [0.15, 0.2) is 5.17 Å². The molecule has 0 radical (unpaired) electrons. The number of aliphatic imine (C=N–C) groups is 1. The number of benzene rings is 3. The van der Waals surface area contributed by atoms with Crippen molar-refractivity contribution >= 4 is 28.7 Å². The zero-order valence-corrected chi connectivity index (χ0v) is 19.9. The van der Waals surface area contributed by atoms with E-state index < -0.39 is 0 Å². The Balaban J connectivity index is 1.53. The van der Waals surface area contributed by atoms with Crippen LogP contribution in [0, 0.1) is 5.82 Å². The topological polar surface area (TPSA) is 58.7 Å². The fraction of sp³-hybridized carbons (Fsp3) is 0.148. The number of hydrogen-bond acceptors (Lipinski definition) is 4. The zero-order chi connectivity index (χ0) is 24.1. The van der Waals surface area contributed by atoms with Crippen LogP contribution in [0.2, 0.25) is 0 Å². The average molecular weight is 474 g/mol. The van der Waals surface area contributed by atoms with E-state index in [-0.39, 0.29) is 17.6 Å². The number of carbonyl (C=O) groups excluding carboxylic acids is 1. The minimum absolute atomic E-state index is 0.189. The fourth-order valence-electron chi connectivity index (χ4n) is 3.55. The minimum atomic E-state index is -0.334. The molecule has 0 aliphatic carbocycles. The maximum absolute atomic E-state index is 14.9. The summed E-state index contributed by atoms with van der Waals surface area (Å²) in [5, 5.41) is 4.66. The standard InChI is InChI=1S/C27H24FN3O2S/c1-18(21-14-15-22(23(28)16-21)19-10-6-4-7-11-19)24-17-25(33-30-24)31(2)27(34-3)29-26(32)20-12-8-5-9-13-20/h4-18H,1-3H3. The molecule has 0 saturated carbocycles. The summed E-state index contributed by atoms with van der Waals surface area (Å²) >= 11 is 1.33. The third-order valence-corrected chi connectivity index (χ3v) is 6.29. The Labute approximate surface area is 202 Å². The smallest absolute Gasteiger partial charge is 0.279 e. The number of anilines is 1. The third-order valence-electron chi connectivity index (χ3n) is 5.56. The van der Waals surface area contributed by atoms with Crippen LogP contribution in [0.4, 0.5) is 10.3 Å². The molecule has 1 heterocycles. The van der Waals surface area contributed by atoms with Gasteiger partial charge in [-0.15, -0.1) is 0 Å². The van der Waals surface area contributed by atoms with E-state index in [1.165, 1.54) is 11.8 Å². The van der Waals surface area contributed by atoms with Gasteiger partial charge in [0, 0.05) is 30.2 Å². The van der Waals surface area contributed by atoms with Gasteiger partial charge in [-0.1, -0.05) is 84.5 Å². The number of nitrogens with zero attached hydrogens (tertiary/aromatic N) is 3. The fourth-order valence-corrected chi connectivity index (χ4v) is 4.09. The van der Waals surface area contributed by atoms with Crippen molar-refractivity contribution in [2.75, 3.05) is 18.2 Å². The minimum Gasteiger partial charge on any atom is -0.338 e. The van der Waals surface area contributed by atoms with Crippen LogP contribution >= 0.6 is 11.8 Å². The van der Waals surface area contributed by atoms with Crippen molar-refractivity contribution in [3.63, 3.8) is 0 Å². The molecule has 1 aromatic heterocycles. The van der Waals surface area contributed by atoms with Gasteiger partial charge < -0.3 is 4.52 Å². The first-order valence-electron chi connectivity index (χ1n) is 10.7. The van der Waals surface area contributed by atoms with Crippen LogP contribution in [0.25, 0.3) is 11.1 Å². The lowest BCUT2D eigenvalue weighted by Gasteiger charge is -2.15. The van der Waals surface area contributed by atoms with E-state index in [0.29, 0.717) is 27.9 Å². The lowest BCUT2D eigenvalue weighted by atomic mass is 9.95. The van der Waals surface area contributed by atoms with Crippen LogP contribution in [0.3, 0.4) is 0 Å². The summed E-state index contributed by atoms with van der Waals surface area (Å²) in [6, 6.07) is 25.3. The molecule has 0 fully saturated rings. The molecule has 0 spiro atoms. The predicted molar refractivity (Wildman–Crippen MR) is 136 cm³/mol. The maximum atomic E-state index is 14.9. The zero-order valence-electron chi connectivity index (χ0n) is 19.1. The van der Waals surface area contributed by atoms with Gasteiger partial charge in [-0.2, -0.15) is 4.99 Å². The molecular formula is C27H24FN3O2S. The molecule has 0 aliphatic rings. The van der Waals surface area contributed by atoms with Crippen molar-refractivity contribution in [1.82, 2.24) is 5.16 Å². The first-order valence-corrected chi connectivity index (χ1v) is 12.0. The Hall–Kier alpha value is -3.71. The summed E-state index contributed by atoms with van der Waals surface area (Å²) < 4.78 is 20.4. The number of amides is 1. The van der Waals surface area contributed by atoms with Crippen LogP contribution in [0.15, 0.2) is 94.4 Å². The van der Waals surface area contributed by atoms with Crippen molar-refractivity contribution in [3.8, 4) is 11.1 Å². The highest BCUT2D eigenvalue weighted by Crippen LogP contribution is 2.31. The molecule has 34 heavy (non-hydrogen) atoms. The van der Waals surface area contributed by atoms with Crippen LogP contribution < -0.4 is 4.90 Å². The van der Waals surface area contributed by atoms with Gasteiger partial charge in [-0.25, -0.2) is 4.39 Å². The van der Waals surface area contributed by atoms with Crippen molar-refractivity contribution in [2.24, 2.45) is 4.99 Å². The molecule has 4 aromatic rings. The molecule has 5 nitrogen and oxygen atoms in total. The second kappa shape index (κ2) is 10.5. The summed E-state index contributed by atoms with van der Waals surface area (Å²) in [5.74, 6) is -0.366. The quantitative estimate of drug-likeness (QED) is 0.241. The van der Waals surface area contributed by atoms with E-state index in [1.807, 2.05) is 55.6 Å². The lowest BCUT2D eigenvalue weighted by Crippen LogP contribution is -2.24. The van der Waals surface area contributed by atoms with E-state index in [0.717, 1.165) is 11.1 Å². The lowest BCUT2D eigenvalue weighted by molar-refractivity contribution is 0.100. The number of hydrogen-bond donors (Lipinski definition) is 0. The van der Waals surface area contributed by atoms with Crippen LogP contribution in [-0.2, 0) is 0 Å². The molecule has 3 aromatic carbocycles. The maximum Gasteiger partial charge on any atom is 0.279 e. The molecular weight excluding hydrogens is 449 g/mol. The Morgan fingerprint density at radius 1 is 1.03 bits per heavy atom. The molecule has 7 heteroatoms. The first kappa shape index (κ1) is 23.4. The van der Waals surface area contributed by atoms with Crippen LogP contribution in [0.5, 0.6) is 0 Å². The summed E-state index contributed by atoms with van der Waals surface area (Å²) in [6.07, 6.45) is 1.84. The van der Waals surface area contributed by atoms with E-state index in [2.05, 4.69) is 10.1 Å². The van der Waals surface area contributed by atoms with Crippen molar-refractivity contribution in [3.05, 3.63) is 108 Å². The summed E-state index contributed by atoms with van der Waals surface area (Å²) in [7, 11) is 1.76. The van der Waals surface area contributed by atoms with Gasteiger partial charge in [0.2, 0.25) is 5.88 Å². The van der Waals surface area contributed by atoms with E-state index in [1.54, 1.807) is 54.4 Å². The third kappa shape index (κ3) is 5.10. The predicted octanol–water partition coefficient (Wildman–Crippen LogP) is 6.63. The number of rotatable bonds is 5. The van der Waals surface area contributed by atoms with Crippen molar-refractivity contribution in [1.29, 1.82) is 0 Å². The Bertz CT molecular complexity index is 1310. The normalized spacial score (nSPS) is 12.4. The molecule has 1 atom stereocenters. The highest BCUT2D eigenvalue weighted by molar-refractivity contribution is 8.13. The molecule has 0 N–H and O–H groups in total. The van der Waals surface area contributed by atoms with Crippen LogP contribution in [0.1, 0.15) is 34.5 Å². The van der Waals surface area contributed by atoms with Crippen molar-refractivity contribution < 1.29 is 13.7 Å². The highest BCUT2D eigenvalue weighted by atomic mass is 32.2. The van der Waals surface area contributed by atoms with Crippen LogP contribution in [-0.4, -0.2) is 29.5 Å². The summed E-state index contributed by atoms with van der Waals surface area (Å²) in [5.41, 5.74) is 3.34. The van der Waals surface area contributed by atoms with E-state index >= 15 is 0 Å². The monoisotopic (exact) mass is 473 g/mol. The molecule has 1 amide bonds. The molecule has 4 rings (SSSR count). The van der Waals surface area contributed by atoms with Crippen molar-refractivity contribution in [2.45, 2.75) is 12.8 Å².